The van der Waals surface area contributed by atoms with Crippen molar-refractivity contribution < 1.29 is 33.1 Å². The highest BCUT2D eigenvalue weighted by Crippen LogP contribution is 2.47. The van der Waals surface area contributed by atoms with E-state index in [4.69, 9.17) is 9.47 Å². The van der Waals surface area contributed by atoms with Crippen molar-refractivity contribution in [2.75, 3.05) is 19.0 Å². The smallest absolute Gasteiger partial charge is 0.408 e. The topological polar surface area (TPSA) is 145 Å². The molecule has 1 amide bonds. The molecule has 2 aromatic heterocycles. The molecule has 0 spiro atoms. The van der Waals surface area contributed by atoms with Gasteiger partial charge in [-0.2, -0.15) is 8.78 Å². The lowest BCUT2D eigenvalue weighted by Crippen LogP contribution is -2.55. The Kier molecular flexibility index (Phi) is 7.54. The number of nitro groups is 1. The number of para-hydroxylation sites is 1. The highest BCUT2D eigenvalue weighted by atomic mass is 19.3. The average molecular weight is 597 g/mol. The third-order valence-electron chi connectivity index (χ3n) is 7.27. The highest BCUT2D eigenvalue weighted by molar-refractivity contribution is 5.95. The van der Waals surface area contributed by atoms with E-state index in [2.05, 4.69) is 15.3 Å². The Morgan fingerprint density at radius 1 is 1.23 bits per heavy atom. The minimum atomic E-state index is -2.75. The van der Waals surface area contributed by atoms with Gasteiger partial charge in [0.1, 0.15) is 12.4 Å². The second-order valence-corrected chi connectivity index (χ2v) is 11.2. The van der Waals surface area contributed by atoms with Crippen LogP contribution in [0.2, 0.25) is 0 Å². The second kappa shape index (κ2) is 11.0. The van der Waals surface area contributed by atoms with Crippen molar-refractivity contribution in [2.24, 2.45) is 0 Å². The lowest BCUT2D eigenvalue weighted by molar-refractivity contribution is -0.385. The number of nitrogens with one attached hydrogen (secondary N) is 1. The van der Waals surface area contributed by atoms with Gasteiger partial charge in [0, 0.05) is 41.0 Å². The minimum absolute atomic E-state index is 0.0480. The number of carbonyl (C=O) groups is 1. The molecule has 2 N–H and O–H groups in total. The van der Waals surface area contributed by atoms with Gasteiger partial charge in [0.05, 0.1) is 34.5 Å². The van der Waals surface area contributed by atoms with Crippen LogP contribution in [0, 0.1) is 10.1 Å². The number of fused-ring (bicyclic) bond motifs is 1. The number of anilines is 2. The molecule has 1 saturated carbocycles. The number of hydrogen-bond acceptors (Lipinski definition) is 8. The van der Waals surface area contributed by atoms with Gasteiger partial charge in [-0.05, 0) is 45.7 Å². The Morgan fingerprint density at radius 2 is 1.95 bits per heavy atom. The van der Waals surface area contributed by atoms with Crippen molar-refractivity contribution in [2.45, 2.75) is 51.2 Å². The van der Waals surface area contributed by atoms with Gasteiger partial charge in [0.25, 0.3) is 0 Å². The summed E-state index contributed by atoms with van der Waals surface area (Å²) >= 11 is 0. The summed E-state index contributed by atoms with van der Waals surface area (Å²) in [4.78, 5) is 33.5. The van der Waals surface area contributed by atoms with E-state index < -0.39 is 28.6 Å². The molecule has 2 heterocycles. The Bertz CT molecular complexity index is 1700. The molecule has 14 heteroatoms. The molecule has 12 nitrogen and oxygen atoms in total. The molecule has 0 aliphatic heterocycles. The summed E-state index contributed by atoms with van der Waals surface area (Å²) in [7, 11) is 1.38. The van der Waals surface area contributed by atoms with Crippen LogP contribution < -0.4 is 14.8 Å². The van der Waals surface area contributed by atoms with E-state index >= 15 is 0 Å². The van der Waals surface area contributed by atoms with Gasteiger partial charge in [0.15, 0.2) is 0 Å². The van der Waals surface area contributed by atoms with Crippen LogP contribution in [0.4, 0.5) is 30.9 Å². The minimum Gasteiger partial charge on any atom is -0.494 e. The number of benzene rings is 2. The first-order chi connectivity index (χ1) is 20.3. The predicted octanol–water partition coefficient (Wildman–Crippen LogP) is 6.84. The molecule has 0 saturated heterocycles. The number of amides is 1. The number of aromatic nitrogens is 3. The van der Waals surface area contributed by atoms with Crippen LogP contribution in [0.1, 0.15) is 40.2 Å². The van der Waals surface area contributed by atoms with Crippen molar-refractivity contribution in [3.63, 3.8) is 0 Å². The summed E-state index contributed by atoms with van der Waals surface area (Å²) < 4.78 is 39.6. The zero-order valence-electron chi connectivity index (χ0n) is 23.9. The van der Waals surface area contributed by atoms with E-state index in [1.807, 2.05) is 0 Å². The molecule has 1 fully saturated rings. The summed E-state index contributed by atoms with van der Waals surface area (Å²) in [5.74, 6) is 0.138. The van der Waals surface area contributed by atoms with E-state index in [0.717, 1.165) is 4.57 Å². The first kappa shape index (κ1) is 29.5. The third-order valence-corrected chi connectivity index (χ3v) is 7.27. The van der Waals surface area contributed by atoms with Crippen LogP contribution in [-0.2, 0) is 0 Å². The molecular weight excluding hydrogens is 566 g/mol. The number of halogens is 2. The molecule has 0 atom stereocenters. The third kappa shape index (κ3) is 5.72. The van der Waals surface area contributed by atoms with E-state index in [1.165, 1.54) is 36.5 Å². The first-order valence-corrected chi connectivity index (χ1v) is 13.4. The first-order valence-electron chi connectivity index (χ1n) is 13.4. The van der Waals surface area contributed by atoms with Crippen molar-refractivity contribution in [3.8, 4) is 22.8 Å². The number of methoxy groups -OCH3 is 1. The Morgan fingerprint density at radius 3 is 2.56 bits per heavy atom. The maximum absolute atomic E-state index is 13.7. The van der Waals surface area contributed by atoms with Gasteiger partial charge in [-0.1, -0.05) is 18.2 Å². The quantitative estimate of drug-likeness (QED) is 0.148. The van der Waals surface area contributed by atoms with E-state index in [9.17, 15) is 28.8 Å². The van der Waals surface area contributed by atoms with Crippen molar-refractivity contribution in [1.82, 2.24) is 19.4 Å². The normalized spacial score (nSPS) is 14.0. The molecule has 2 aromatic carbocycles. The number of hydrogen-bond donors (Lipinski definition) is 2. The standard InChI is InChI=1S/C29H30F2N6O6/c1-28(2,3)36(27(38)39)29(10-11-29)16-43-24-14-23(42-4)20(13-22(24)37(40)41)34-26-32-12-9-19(33-26)18-15-35(25(30)31)21-8-6-5-7-17(18)21/h5-9,12-15,25H,10-11,16H2,1-4H3,(H,38,39)(H,32,33,34). The number of nitrogens with zero attached hydrogens (tertiary/aromatic N) is 5. The van der Waals surface area contributed by atoms with E-state index in [-0.39, 0.29) is 35.4 Å². The predicted molar refractivity (Wildman–Crippen MR) is 154 cm³/mol. The number of carboxylic acid groups (broad SMARTS) is 1. The number of nitro benzene ring substituents is 1. The van der Waals surface area contributed by atoms with Crippen LogP contribution >= 0.6 is 0 Å². The summed E-state index contributed by atoms with van der Waals surface area (Å²) in [6.07, 6.45) is 2.78. The van der Waals surface area contributed by atoms with Gasteiger partial charge in [0.2, 0.25) is 11.7 Å². The Balaban J connectivity index is 1.45. The van der Waals surface area contributed by atoms with Crippen LogP contribution in [0.25, 0.3) is 22.2 Å². The molecule has 1 aliphatic rings. The molecule has 0 unspecified atom stereocenters. The van der Waals surface area contributed by atoms with Crippen LogP contribution in [-0.4, -0.2) is 60.4 Å². The maximum Gasteiger partial charge on any atom is 0.408 e. The molecule has 226 valence electrons. The lowest BCUT2D eigenvalue weighted by atomic mass is 10.0. The zero-order chi connectivity index (χ0) is 31.1. The Labute approximate surface area is 245 Å². The molecule has 0 radical (unpaired) electrons. The molecule has 0 bridgehead atoms. The van der Waals surface area contributed by atoms with Crippen molar-refractivity contribution in [1.29, 1.82) is 0 Å². The fraction of sp³-hybridized carbons (Fsp3) is 0.345. The average Bonchev–Trinajstić information content (AvgIpc) is 3.60. The lowest BCUT2D eigenvalue weighted by Gasteiger charge is -2.40. The van der Waals surface area contributed by atoms with Crippen LogP contribution in [0.5, 0.6) is 11.5 Å². The number of rotatable bonds is 10. The molecule has 1 aliphatic carbocycles. The van der Waals surface area contributed by atoms with Gasteiger partial charge in [-0.25, -0.2) is 14.8 Å². The zero-order valence-corrected chi connectivity index (χ0v) is 23.9. The molecule has 43 heavy (non-hydrogen) atoms. The number of ether oxygens (including phenoxy) is 2. The number of alkyl halides is 2. The van der Waals surface area contributed by atoms with Gasteiger partial charge in [-0.15, -0.1) is 0 Å². The summed E-state index contributed by atoms with van der Waals surface area (Å²) in [5.41, 5.74) is -0.559. The fourth-order valence-corrected chi connectivity index (χ4v) is 5.32. The summed E-state index contributed by atoms with van der Waals surface area (Å²) in [6.45, 7) is 2.51. The second-order valence-electron chi connectivity index (χ2n) is 11.2. The maximum atomic E-state index is 13.7. The molecule has 4 aromatic rings. The van der Waals surface area contributed by atoms with Gasteiger partial charge >= 0.3 is 18.3 Å². The van der Waals surface area contributed by atoms with Crippen LogP contribution in [0.3, 0.4) is 0 Å². The Hall–Kier alpha value is -5.01. The summed E-state index contributed by atoms with van der Waals surface area (Å²) in [6, 6.07) is 10.8. The monoisotopic (exact) mass is 596 g/mol. The fourth-order valence-electron chi connectivity index (χ4n) is 5.32. The van der Waals surface area contributed by atoms with E-state index in [1.54, 1.807) is 51.1 Å². The van der Waals surface area contributed by atoms with E-state index in [0.29, 0.717) is 35.0 Å². The molecule has 5 rings (SSSR count). The SMILES string of the molecule is COc1cc(OCC2(N(C(=O)O)C(C)(C)C)CC2)c([N+](=O)[O-])cc1Nc1nccc(-c2cn(C(F)F)c3ccccc23)n1. The highest BCUT2D eigenvalue weighted by Gasteiger charge is 2.55. The van der Waals surface area contributed by atoms with Gasteiger partial charge in [-0.3, -0.25) is 19.6 Å². The van der Waals surface area contributed by atoms with Crippen molar-refractivity contribution >= 4 is 34.3 Å². The summed E-state index contributed by atoms with van der Waals surface area (Å²) in [5, 5.41) is 25.4. The van der Waals surface area contributed by atoms with Crippen molar-refractivity contribution in [3.05, 3.63) is 65.0 Å². The largest absolute Gasteiger partial charge is 0.494 e. The van der Waals surface area contributed by atoms with Gasteiger partial charge < -0.3 is 19.9 Å². The van der Waals surface area contributed by atoms with Crippen LogP contribution in [0.15, 0.2) is 54.9 Å². The molecular formula is C29H30F2N6O6.